The molecular weight excluding hydrogens is 374 g/mol. The average Bonchev–Trinajstić information content (AvgIpc) is 3.18. The molecule has 1 atom stereocenters. The summed E-state index contributed by atoms with van der Waals surface area (Å²) in [7, 11) is 0. The summed E-state index contributed by atoms with van der Waals surface area (Å²) in [5, 5.41) is 0. The Hall–Kier alpha value is -3.12. The molecule has 0 bridgehead atoms. The molecule has 0 N–H and O–H groups in total. The standard InChI is InChI=1S/C22H19NO4S/c1-15-11-12-20(28-15)22(25)27-14-21(24)23-17-9-5-6-10-19(17)26-13-18(23)16-7-3-2-4-8-16/h2-12,18H,13-14H2,1H3. The second kappa shape index (κ2) is 7.86. The number of fused-ring (bicyclic) bond motifs is 1. The summed E-state index contributed by atoms with van der Waals surface area (Å²) in [6.45, 7) is 1.93. The largest absolute Gasteiger partial charge is 0.489 e. The van der Waals surface area contributed by atoms with Crippen molar-refractivity contribution in [3.05, 3.63) is 82.0 Å². The van der Waals surface area contributed by atoms with Crippen molar-refractivity contribution in [2.24, 2.45) is 0 Å². The molecule has 142 valence electrons. The Kier molecular flexibility index (Phi) is 5.12. The normalized spacial score (nSPS) is 15.5. The molecule has 1 aliphatic rings. The SMILES string of the molecule is Cc1ccc(C(=O)OCC(=O)N2c3ccccc3OCC2c2ccccc2)s1. The molecule has 0 saturated carbocycles. The lowest BCUT2D eigenvalue weighted by Gasteiger charge is -2.37. The number of anilines is 1. The molecule has 6 heteroatoms. The van der Waals surface area contributed by atoms with E-state index in [-0.39, 0.29) is 18.6 Å². The number of hydrogen-bond donors (Lipinski definition) is 0. The van der Waals surface area contributed by atoms with Gasteiger partial charge in [0, 0.05) is 4.88 Å². The van der Waals surface area contributed by atoms with Gasteiger partial charge in [-0.2, -0.15) is 0 Å². The number of hydrogen-bond acceptors (Lipinski definition) is 5. The van der Waals surface area contributed by atoms with Crippen molar-refractivity contribution < 1.29 is 19.1 Å². The van der Waals surface area contributed by atoms with E-state index < -0.39 is 5.97 Å². The summed E-state index contributed by atoms with van der Waals surface area (Å²) in [5.41, 5.74) is 1.64. The van der Waals surface area contributed by atoms with Crippen molar-refractivity contribution in [3.63, 3.8) is 0 Å². The number of amides is 1. The highest BCUT2D eigenvalue weighted by Gasteiger charge is 2.33. The Balaban J connectivity index is 1.58. The lowest BCUT2D eigenvalue weighted by Crippen LogP contribution is -2.43. The van der Waals surface area contributed by atoms with Gasteiger partial charge in [0.15, 0.2) is 6.61 Å². The Bertz CT molecular complexity index is 999. The maximum absolute atomic E-state index is 13.1. The number of ether oxygens (including phenoxy) is 2. The third-order valence-electron chi connectivity index (χ3n) is 4.55. The summed E-state index contributed by atoms with van der Waals surface area (Å²) in [5.74, 6) is -0.126. The van der Waals surface area contributed by atoms with Gasteiger partial charge in [0.1, 0.15) is 17.2 Å². The van der Waals surface area contributed by atoms with Crippen molar-refractivity contribution in [1.29, 1.82) is 0 Å². The zero-order chi connectivity index (χ0) is 19.5. The summed E-state index contributed by atoms with van der Waals surface area (Å²) in [6, 6.07) is 20.4. The van der Waals surface area contributed by atoms with Gasteiger partial charge >= 0.3 is 5.97 Å². The minimum absolute atomic E-state index is 0.286. The smallest absolute Gasteiger partial charge is 0.348 e. The first-order valence-electron chi connectivity index (χ1n) is 8.96. The van der Waals surface area contributed by atoms with Crippen molar-refractivity contribution in [2.45, 2.75) is 13.0 Å². The fourth-order valence-electron chi connectivity index (χ4n) is 3.23. The predicted molar refractivity (Wildman–Crippen MR) is 108 cm³/mol. The minimum atomic E-state index is -0.482. The molecule has 0 aliphatic carbocycles. The Morgan fingerprint density at radius 3 is 2.57 bits per heavy atom. The molecule has 3 aromatic rings. The molecule has 1 unspecified atom stereocenters. The number of thiophene rings is 1. The summed E-state index contributed by atoms with van der Waals surface area (Å²) in [4.78, 5) is 28.5. The van der Waals surface area contributed by atoms with Crippen LogP contribution in [0.25, 0.3) is 0 Å². The van der Waals surface area contributed by atoms with Gasteiger partial charge in [-0.3, -0.25) is 9.69 Å². The van der Waals surface area contributed by atoms with Crippen LogP contribution < -0.4 is 9.64 Å². The molecule has 0 radical (unpaired) electrons. The van der Waals surface area contributed by atoms with Crippen LogP contribution >= 0.6 is 11.3 Å². The van der Waals surface area contributed by atoms with Crippen LogP contribution in [0.15, 0.2) is 66.7 Å². The van der Waals surface area contributed by atoms with E-state index in [1.807, 2.05) is 67.6 Å². The number of rotatable bonds is 4. The maximum atomic E-state index is 13.1. The molecule has 0 saturated heterocycles. The molecular formula is C22H19NO4S. The van der Waals surface area contributed by atoms with Gasteiger partial charge in [0.05, 0.1) is 11.7 Å². The van der Waals surface area contributed by atoms with E-state index in [1.165, 1.54) is 11.3 Å². The number of para-hydroxylation sites is 2. The van der Waals surface area contributed by atoms with Crippen LogP contribution in [-0.2, 0) is 9.53 Å². The van der Waals surface area contributed by atoms with Crippen LogP contribution in [0.4, 0.5) is 5.69 Å². The molecule has 1 aliphatic heterocycles. The monoisotopic (exact) mass is 393 g/mol. The van der Waals surface area contributed by atoms with E-state index in [2.05, 4.69) is 0 Å². The van der Waals surface area contributed by atoms with Crippen LogP contribution in [-0.4, -0.2) is 25.1 Å². The first-order chi connectivity index (χ1) is 13.6. The van der Waals surface area contributed by atoms with Gasteiger partial charge in [-0.1, -0.05) is 42.5 Å². The molecule has 5 nitrogen and oxygen atoms in total. The van der Waals surface area contributed by atoms with Gasteiger partial charge in [-0.25, -0.2) is 4.79 Å². The van der Waals surface area contributed by atoms with Gasteiger partial charge in [0.25, 0.3) is 5.91 Å². The lowest BCUT2D eigenvalue weighted by molar-refractivity contribution is -0.122. The highest BCUT2D eigenvalue weighted by molar-refractivity contribution is 7.13. The molecule has 4 rings (SSSR count). The Labute approximate surface area is 167 Å². The number of esters is 1. The van der Waals surface area contributed by atoms with E-state index in [0.717, 1.165) is 10.4 Å². The Morgan fingerprint density at radius 1 is 1.07 bits per heavy atom. The van der Waals surface area contributed by atoms with Crippen LogP contribution in [0.1, 0.15) is 26.2 Å². The minimum Gasteiger partial charge on any atom is -0.489 e. The van der Waals surface area contributed by atoms with Crippen LogP contribution in [0, 0.1) is 6.92 Å². The molecule has 0 fully saturated rings. The molecule has 0 spiro atoms. The fraction of sp³-hybridized carbons (Fsp3) is 0.182. The van der Waals surface area contributed by atoms with Crippen molar-refractivity contribution in [3.8, 4) is 5.75 Å². The third-order valence-corrected chi connectivity index (χ3v) is 5.54. The predicted octanol–water partition coefficient (Wildman–Crippen LogP) is 4.38. The van der Waals surface area contributed by atoms with Crippen LogP contribution in [0.3, 0.4) is 0 Å². The van der Waals surface area contributed by atoms with E-state index in [9.17, 15) is 9.59 Å². The summed E-state index contributed by atoms with van der Waals surface area (Å²) >= 11 is 1.35. The quantitative estimate of drug-likeness (QED) is 0.617. The average molecular weight is 393 g/mol. The number of carbonyl (C=O) groups is 2. The van der Waals surface area contributed by atoms with Crippen LogP contribution in [0.2, 0.25) is 0 Å². The van der Waals surface area contributed by atoms with E-state index in [4.69, 9.17) is 9.47 Å². The third kappa shape index (κ3) is 3.64. The van der Waals surface area contributed by atoms with Crippen LogP contribution in [0.5, 0.6) is 5.75 Å². The van der Waals surface area contributed by atoms with Crippen molar-refractivity contribution in [2.75, 3.05) is 18.1 Å². The number of aryl methyl sites for hydroxylation is 1. The highest BCUT2D eigenvalue weighted by Crippen LogP contribution is 2.39. The van der Waals surface area contributed by atoms with E-state index in [0.29, 0.717) is 22.9 Å². The number of nitrogens with zero attached hydrogens (tertiary/aromatic N) is 1. The zero-order valence-corrected chi connectivity index (χ0v) is 16.1. The molecule has 2 heterocycles. The highest BCUT2D eigenvalue weighted by atomic mass is 32.1. The van der Waals surface area contributed by atoms with Crippen molar-refractivity contribution >= 4 is 28.9 Å². The second-order valence-corrected chi connectivity index (χ2v) is 7.74. The summed E-state index contributed by atoms with van der Waals surface area (Å²) in [6.07, 6.45) is 0. The van der Waals surface area contributed by atoms with Crippen molar-refractivity contribution in [1.82, 2.24) is 0 Å². The fourth-order valence-corrected chi connectivity index (χ4v) is 3.99. The molecule has 2 aromatic carbocycles. The topological polar surface area (TPSA) is 55.8 Å². The molecule has 1 aromatic heterocycles. The lowest BCUT2D eigenvalue weighted by atomic mass is 10.0. The van der Waals surface area contributed by atoms with Gasteiger partial charge in [-0.15, -0.1) is 11.3 Å². The first kappa shape index (κ1) is 18.3. The van der Waals surface area contributed by atoms with E-state index in [1.54, 1.807) is 11.0 Å². The second-order valence-electron chi connectivity index (χ2n) is 6.46. The van der Waals surface area contributed by atoms with Gasteiger partial charge in [0.2, 0.25) is 0 Å². The maximum Gasteiger partial charge on any atom is 0.348 e. The van der Waals surface area contributed by atoms with E-state index >= 15 is 0 Å². The van der Waals surface area contributed by atoms with Gasteiger partial charge < -0.3 is 9.47 Å². The molecule has 1 amide bonds. The molecule has 28 heavy (non-hydrogen) atoms. The van der Waals surface area contributed by atoms with Gasteiger partial charge in [-0.05, 0) is 36.8 Å². The number of carbonyl (C=O) groups excluding carboxylic acids is 2. The number of benzene rings is 2. The Morgan fingerprint density at radius 2 is 1.82 bits per heavy atom. The summed E-state index contributed by atoms with van der Waals surface area (Å²) < 4.78 is 11.2. The zero-order valence-electron chi connectivity index (χ0n) is 15.3. The first-order valence-corrected chi connectivity index (χ1v) is 9.77.